The number of likely N-dealkylation sites (N-methyl/N-ethyl adjacent to an activating group) is 1. The number of fused-ring (bicyclic) bond motifs is 2. The first-order chi connectivity index (χ1) is 11.3. The van der Waals surface area contributed by atoms with E-state index < -0.39 is 0 Å². The molecular weight excluding hydrogens is 351 g/mol. The smallest absolute Gasteiger partial charge is 0.126 e. The minimum atomic E-state index is 0. The van der Waals surface area contributed by atoms with Crippen molar-refractivity contribution < 1.29 is 35.0 Å². The molecule has 1 aliphatic carbocycles. The second-order valence-electron chi connectivity index (χ2n) is 6.70. The van der Waals surface area contributed by atoms with E-state index in [-0.39, 0.29) is 24.8 Å². The van der Waals surface area contributed by atoms with Crippen molar-refractivity contribution >= 4 is 5.57 Å². The van der Waals surface area contributed by atoms with E-state index in [1.807, 2.05) is 0 Å². The summed E-state index contributed by atoms with van der Waals surface area (Å²) in [5.41, 5.74) is 7.22. The number of hydrogen-bond donors (Lipinski definition) is 2. The number of benzene rings is 2. The van der Waals surface area contributed by atoms with Gasteiger partial charge in [-0.1, -0.05) is 48.5 Å². The predicted molar refractivity (Wildman–Crippen MR) is 96.7 cm³/mol. The van der Waals surface area contributed by atoms with Crippen LogP contribution < -0.4 is 35.0 Å². The lowest BCUT2D eigenvalue weighted by Crippen LogP contribution is -3.09. The van der Waals surface area contributed by atoms with Gasteiger partial charge in [0.2, 0.25) is 0 Å². The van der Waals surface area contributed by atoms with E-state index in [2.05, 4.69) is 74.0 Å². The standard InChI is InChI=1S/C21H26N2.2ClH/c1-23(2)16-15-22-14-13-21-19-9-5-3-7-17(19)11-12-18-8-4-6-10-20(18)21;;/h3-10,13,22H,11-12,14-16H2,1-2H3;2*1H. The lowest BCUT2D eigenvalue weighted by Gasteiger charge is -2.12. The lowest BCUT2D eigenvalue weighted by molar-refractivity contribution is -0.873. The zero-order chi connectivity index (χ0) is 16.1. The Morgan fingerprint density at radius 1 is 0.880 bits per heavy atom. The average Bonchev–Trinajstić information content (AvgIpc) is 2.72. The fourth-order valence-electron chi connectivity index (χ4n) is 3.35. The molecule has 2 nitrogen and oxygen atoms in total. The highest BCUT2D eigenvalue weighted by Gasteiger charge is 2.17. The van der Waals surface area contributed by atoms with Gasteiger partial charge in [-0.15, -0.1) is 0 Å². The summed E-state index contributed by atoms with van der Waals surface area (Å²) in [5, 5.41) is 2.41. The monoisotopic (exact) mass is 378 g/mol. The van der Waals surface area contributed by atoms with Gasteiger partial charge in [-0.2, -0.15) is 0 Å². The highest BCUT2D eigenvalue weighted by molar-refractivity contribution is 5.83. The fourth-order valence-corrected chi connectivity index (χ4v) is 3.35. The van der Waals surface area contributed by atoms with Gasteiger partial charge in [0.1, 0.15) is 13.1 Å². The van der Waals surface area contributed by atoms with E-state index >= 15 is 0 Å². The Bertz CT molecular complexity index is 646. The Morgan fingerprint density at radius 3 is 1.92 bits per heavy atom. The van der Waals surface area contributed by atoms with Gasteiger partial charge in [0, 0.05) is 0 Å². The second-order valence-corrected chi connectivity index (χ2v) is 6.70. The molecule has 3 N–H and O–H groups in total. The van der Waals surface area contributed by atoms with Crippen LogP contribution in [0.1, 0.15) is 22.3 Å². The molecule has 0 bridgehead atoms. The van der Waals surface area contributed by atoms with E-state index in [1.54, 1.807) is 0 Å². The Morgan fingerprint density at radius 2 is 1.40 bits per heavy atom. The van der Waals surface area contributed by atoms with Crippen molar-refractivity contribution in [3.8, 4) is 0 Å². The molecule has 0 unspecified atom stereocenters. The fraction of sp³-hybridized carbons (Fsp3) is 0.333. The Kier molecular flexibility index (Phi) is 9.23. The van der Waals surface area contributed by atoms with E-state index in [0.29, 0.717) is 0 Å². The number of nitrogens with two attached hydrogens (primary N) is 1. The van der Waals surface area contributed by atoms with Crippen molar-refractivity contribution in [1.29, 1.82) is 0 Å². The molecule has 0 saturated carbocycles. The normalized spacial score (nSPS) is 12.4. The molecule has 2 aromatic carbocycles. The zero-order valence-electron chi connectivity index (χ0n) is 15.1. The van der Waals surface area contributed by atoms with E-state index in [4.69, 9.17) is 0 Å². The van der Waals surface area contributed by atoms with Crippen LogP contribution in [-0.4, -0.2) is 33.7 Å². The maximum absolute atomic E-state index is 2.42. The van der Waals surface area contributed by atoms with Crippen molar-refractivity contribution in [3.05, 3.63) is 76.9 Å². The van der Waals surface area contributed by atoms with Gasteiger partial charge in [-0.3, -0.25) is 0 Å². The molecule has 1 aliphatic rings. The molecule has 0 aliphatic heterocycles. The molecule has 0 heterocycles. The van der Waals surface area contributed by atoms with E-state index in [9.17, 15) is 0 Å². The van der Waals surface area contributed by atoms with Crippen LogP contribution in [0.2, 0.25) is 0 Å². The highest BCUT2D eigenvalue weighted by atomic mass is 35.5. The first-order valence-corrected chi connectivity index (χ1v) is 8.73. The SMILES string of the molecule is C[NH+](C)CC[NH2+]CC=C1c2ccccc2CCc2ccccc21.[Cl-].[Cl-]. The lowest BCUT2D eigenvalue weighted by atomic mass is 9.94. The Balaban J connectivity index is 0.00000156. The summed E-state index contributed by atoms with van der Waals surface area (Å²) in [4.78, 5) is 1.51. The molecule has 4 heteroatoms. The molecule has 3 rings (SSSR count). The maximum atomic E-state index is 2.42. The van der Waals surface area contributed by atoms with Crippen LogP contribution in [0.3, 0.4) is 0 Å². The van der Waals surface area contributed by atoms with Crippen LogP contribution in [0.15, 0.2) is 54.6 Å². The number of quaternary nitrogens is 2. The largest absolute Gasteiger partial charge is 1.00 e. The molecule has 0 amide bonds. The van der Waals surface area contributed by atoms with Gasteiger partial charge in [-0.05, 0) is 46.7 Å². The van der Waals surface area contributed by atoms with Crippen LogP contribution in [0.25, 0.3) is 5.57 Å². The quantitative estimate of drug-likeness (QED) is 0.486. The van der Waals surface area contributed by atoms with Crippen molar-refractivity contribution in [1.82, 2.24) is 0 Å². The molecule has 0 atom stereocenters. The summed E-state index contributed by atoms with van der Waals surface area (Å²) < 4.78 is 0. The second kappa shape index (κ2) is 10.6. The van der Waals surface area contributed by atoms with Gasteiger partial charge < -0.3 is 35.0 Å². The van der Waals surface area contributed by atoms with Gasteiger partial charge in [0.25, 0.3) is 0 Å². The minimum absolute atomic E-state index is 0. The minimum Gasteiger partial charge on any atom is -1.00 e. The van der Waals surface area contributed by atoms with Crippen molar-refractivity contribution in [2.45, 2.75) is 12.8 Å². The third-order valence-electron chi connectivity index (χ3n) is 4.62. The maximum Gasteiger partial charge on any atom is 0.126 e. The number of rotatable bonds is 5. The Labute approximate surface area is 164 Å². The first-order valence-electron chi connectivity index (χ1n) is 8.73. The molecule has 2 aromatic rings. The van der Waals surface area contributed by atoms with E-state index in [1.165, 1.54) is 45.8 Å². The summed E-state index contributed by atoms with van der Waals surface area (Å²) in [7, 11) is 4.42. The third-order valence-corrected chi connectivity index (χ3v) is 4.62. The topological polar surface area (TPSA) is 21.1 Å². The van der Waals surface area contributed by atoms with E-state index in [0.717, 1.165) is 19.4 Å². The van der Waals surface area contributed by atoms with Crippen LogP contribution in [0.4, 0.5) is 0 Å². The van der Waals surface area contributed by atoms with Gasteiger partial charge in [-0.25, -0.2) is 0 Å². The van der Waals surface area contributed by atoms with Gasteiger partial charge >= 0.3 is 0 Å². The van der Waals surface area contributed by atoms with Gasteiger partial charge in [0.15, 0.2) is 0 Å². The first kappa shape index (κ1) is 21.7. The molecule has 0 spiro atoms. The van der Waals surface area contributed by atoms with Crippen LogP contribution in [0.5, 0.6) is 0 Å². The van der Waals surface area contributed by atoms with Gasteiger partial charge in [0.05, 0.1) is 20.6 Å². The molecule has 0 fully saturated rings. The number of aryl methyl sites for hydroxylation is 2. The Hall–Kier alpha value is -1.32. The molecule has 0 saturated heterocycles. The molecule has 136 valence electrons. The summed E-state index contributed by atoms with van der Waals surface area (Å²) >= 11 is 0. The van der Waals surface area contributed by atoms with Crippen LogP contribution >= 0.6 is 0 Å². The zero-order valence-corrected chi connectivity index (χ0v) is 16.6. The molecule has 0 radical (unpaired) electrons. The number of halogens is 2. The third kappa shape index (κ3) is 5.58. The summed E-state index contributed by atoms with van der Waals surface area (Å²) in [5.74, 6) is 0. The number of nitrogens with one attached hydrogen (secondary N) is 1. The highest BCUT2D eigenvalue weighted by Crippen LogP contribution is 2.32. The molecular formula is C21H28Cl2N2. The summed E-state index contributed by atoms with van der Waals surface area (Å²) in [6.07, 6.45) is 4.70. The van der Waals surface area contributed by atoms with Crippen molar-refractivity contribution in [3.63, 3.8) is 0 Å². The number of hydrogen-bond acceptors (Lipinski definition) is 0. The average molecular weight is 379 g/mol. The molecule has 25 heavy (non-hydrogen) atoms. The van der Waals surface area contributed by atoms with Crippen LogP contribution in [0, 0.1) is 0 Å². The van der Waals surface area contributed by atoms with Crippen molar-refractivity contribution in [2.75, 3.05) is 33.7 Å². The molecule has 0 aromatic heterocycles. The van der Waals surface area contributed by atoms with Crippen molar-refractivity contribution in [2.24, 2.45) is 0 Å². The summed E-state index contributed by atoms with van der Waals surface area (Å²) in [6.45, 7) is 3.43. The van der Waals surface area contributed by atoms with Crippen LogP contribution in [-0.2, 0) is 12.8 Å². The summed E-state index contributed by atoms with van der Waals surface area (Å²) in [6, 6.07) is 17.8. The predicted octanol–water partition coefficient (Wildman–Crippen LogP) is -5.07.